The van der Waals surface area contributed by atoms with Crippen molar-refractivity contribution in [3.05, 3.63) is 30.7 Å². The Morgan fingerprint density at radius 1 is 1.00 bits per heavy atom. The first kappa shape index (κ1) is 19.9. The Kier molecular flexibility index (Phi) is 11.5. The van der Waals surface area contributed by atoms with Gasteiger partial charge in [0.2, 0.25) is 0 Å². The van der Waals surface area contributed by atoms with Crippen molar-refractivity contribution in [3.63, 3.8) is 0 Å². The van der Waals surface area contributed by atoms with Crippen LogP contribution in [0, 0.1) is 12.5 Å². The number of aromatic hydroxyl groups is 2. The van der Waals surface area contributed by atoms with Gasteiger partial charge in [0, 0.05) is 53.6 Å². The summed E-state index contributed by atoms with van der Waals surface area (Å²) in [6, 6.07) is 6.52. The van der Waals surface area contributed by atoms with Gasteiger partial charge in [0.05, 0.1) is 6.42 Å². The summed E-state index contributed by atoms with van der Waals surface area (Å²) < 4.78 is 0. The third kappa shape index (κ3) is 8.60. The molecular weight excluding hydrogens is 576 g/mol. The summed E-state index contributed by atoms with van der Waals surface area (Å²) in [5, 5.41) is 17.2. The van der Waals surface area contributed by atoms with Crippen LogP contribution in [-0.2, 0) is 51.7 Å². The molecule has 98 valence electrons. The summed E-state index contributed by atoms with van der Waals surface area (Å²) >= 11 is 0. The van der Waals surface area contributed by atoms with E-state index < -0.39 is 0 Å². The molecule has 0 unspecified atom stereocenters. The van der Waals surface area contributed by atoms with E-state index in [9.17, 15) is 9.59 Å². The normalized spacial score (nSPS) is 13.6. The van der Waals surface area contributed by atoms with Gasteiger partial charge in [-0.15, -0.1) is 25.0 Å². The van der Waals surface area contributed by atoms with E-state index in [1.807, 2.05) is 0 Å². The number of carbonyl (C=O) groups excluding carboxylic acids is 2. The fourth-order valence-electron chi connectivity index (χ4n) is 1.21. The van der Waals surface area contributed by atoms with Crippen LogP contribution in [-0.4, -0.2) is 21.8 Å². The van der Waals surface area contributed by atoms with Gasteiger partial charge < -0.3 is 26.2 Å². The maximum Gasteiger partial charge on any atom is 0.110 e. The molecule has 18 heavy (non-hydrogen) atoms. The number of rotatable bonds is 0. The molecule has 0 bridgehead atoms. The van der Waals surface area contributed by atoms with Crippen LogP contribution in [0.25, 0.3) is 0 Å². The number of phenols is 2. The standard InChI is InChI=1S/C6H7O2.C6H5O2.2W/c2*7-5-2-1-3-6(8)4-5;;/h1H,2-4H2;2-4,7-8H;;/q2*-1;;. The van der Waals surface area contributed by atoms with Crippen LogP contribution >= 0.6 is 0 Å². The second-order valence-electron chi connectivity index (χ2n) is 3.40. The van der Waals surface area contributed by atoms with Gasteiger partial charge in [-0.25, -0.2) is 0 Å². The van der Waals surface area contributed by atoms with E-state index in [0.29, 0.717) is 12.8 Å². The Hall–Kier alpha value is -0.463. The number of hydrogen-bond donors (Lipinski definition) is 2. The van der Waals surface area contributed by atoms with Crippen molar-refractivity contribution in [1.82, 2.24) is 0 Å². The number of benzene rings is 1. The van der Waals surface area contributed by atoms with Crippen molar-refractivity contribution in [2.24, 2.45) is 0 Å². The molecule has 4 nitrogen and oxygen atoms in total. The Morgan fingerprint density at radius 2 is 1.44 bits per heavy atom. The summed E-state index contributed by atoms with van der Waals surface area (Å²) in [5.41, 5.74) is 0. The Balaban J connectivity index is 0. The van der Waals surface area contributed by atoms with Crippen molar-refractivity contribution in [1.29, 1.82) is 0 Å². The van der Waals surface area contributed by atoms with E-state index >= 15 is 0 Å². The van der Waals surface area contributed by atoms with Gasteiger partial charge in [-0.05, 0) is 0 Å². The van der Waals surface area contributed by atoms with E-state index in [0.717, 1.165) is 0 Å². The van der Waals surface area contributed by atoms with E-state index in [1.54, 1.807) is 6.42 Å². The quantitative estimate of drug-likeness (QED) is 0.356. The van der Waals surface area contributed by atoms with Crippen molar-refractivity contribution >= 4 is 11.6 Å². The van der Waals surface area contributed by atoms with E-state index in [-0.39, 0.29) is 71.6 Å². The Labute approximate surface area is 134 Å². The van der Waals surface area contributed by atoms with Gasteiger partial charge in [-0.1, -0.05) is 6.07 Å². The minimum atomic E-state index is 0. The first-order valence-electron chi connectivity index (χ1n) is 4.82. The molecule has 1 aromatic rings. The largest absolute Gasteiger partial charge is 0.566 e. The van der Waals surface area contributed by atoms with Gasteiger partial charge in [0.1, 0.15) is 11.6 Å². The second kappa shape index (κ2) is 10.5. The molecule has 6 heteroatoms. The smallest absolute Gasteiger partial charge is 0.110 e. The van der Waals surface area contributed by atoms with Gasteiger partial charge in [-0.3, -0.25) is 0 Å². The van der Waals surface area contributed by atoms with Crippen LogP contribution in [0.3, 0.4) is 0 Å². The first-order chi connectivity index (χ1) is 7.58. The zero-order chi connectivity index (χ0) is 12.0. The molecule has 2 N–H and O–H groups in total. The van der Waals surface area contributed by atoms with Gasteiger partial charge in [0.15, 0.2) is 0 Å². The molecule has 0 aromatic heterocycles. The van der Waals surface area contributed by atoms with E-state index in [1.165, 1.54) is 18.2 Å². The molecule has 0 radical (unpaired) electrons. The number of hydrogen-bond acceptors (Lipinski definition) is 4. The van der Waals surface area contributed by atoms with Gasteiger partial charge in [0.25, 0.3) is 0 Å². The van der Waals surface area contributed by atoms with Crippen LogP contribution in [0.2, 0.25) is 0 Å². The van der Waals surface area contributed by atoms with Gasteiger partial charge in [-0.2, -0.15) is 6.07 Å². The average molecular weight is 588 g/mol. The monoisotopic (exact) mass is 588 g/mol. The number of ketones is 2. The van der Waals surface area contributed by atoms with E-state index in [4.69, 9.17) is 10.2 Å². The molecule has 0 spiro atoms. The third-order valence-electron chi connectivity index (χ3n) is 1.90. The van der Waals surface area contributed by atoms with Crippen LogP contribution in [0.1, 0.15) is 19.3 Å². The number of carbonyl (C=O) groups is 2. The molecule has 1 aliphatic carbocycles. The second-order valence-corrected chi connectivity index (χ2v) is 3.40. The first-order valence-corrected chi connectivity index (χ1v) is 4.82. The Morgan fingerprint density at radius 3 is 1.67 bits per heavy atom. The number of phenolic OH excluding ortho intramolecular Hbond substituents is 2. The molecule has 0 atom stereocenters. The molecular formula is C12H12O4W2-2. The molecule has 1 aromatic carbocycles. The van der Waals surface area contributed by atoms with Crippen LogP contribution in [0.15, 0.2) is 18.2 Å². The molecule has 2 rings (SSSR count). The topological polar surface area (TPSA) is 74.6 Å². The summed E-state index contributed by atoms with van der Waals surface area (Å²) in [4.78, 5) is 20.8. The summed E-state index contributed by atoms with van der Waals surface area (Å²) in [6.45, 7) is 0. The third-order valence-corrected chi connectivity index (χ3v) is 1.90. The van der Waals surface area contributed by atoms with Gasteiger partial charge >= 0.3 is 0 Å². The molecule has 0 aliphatic heterocycles. The van der Waals surface area contributed by atoms with Crippen molar-refractivity contribution in [2.75, 3.05) is 0 Å². The zero-order valence-electron chi connectivity index (χ0n) is 9.46. The van der Waals surface area contributed by atoms with Crippen molar-refractivity contribution in [3.8, 4) is 11.5 Å². The van der Waals surface area contributed by atoms with Crippen LogP contribution in [0.5, 0.6) is 11.5 Å². The maximum atomic E-state index is 10.4. The fraction of sp³-hybridized carbons (Fsp3) is 0.250. The molecule has 0 saturated heterocycles. The van der Waals surface area contributed by atoms with Crippen molar-refractivity contribution in [2.45, 2.75) is 19.3 Å². The SMILES string of the molecule is O=C1C[CH-]CC(=O)C1.Oc1c[c-]cc(O)c1.[W].[W]. The maximum absolute atomic E-state index is 10.4. The Bertz CT molecular complexity index is 362. The summed E-state index contributed by atoms with van der Waals surface area (Å²) in [6.07, 6.45) is 2.88. The molecule has 1 fully saturated rings. The predicted octanol–water partition coefficient (Wildman–Crippen LogP) is 1.41. The summed E-state index contributed by atoms with van der Waals surface area (Å²) in [5.74, 6) is 0.178. The van der Waals surface area contributed by atoms with Crippen LogP contribution in [0.4, 0.5) is 0 Å². The fourth-order valence-corrected chi connectivity index (χ4v) is 1.21. The predicted molar refractivity (Wildman–Crippen MR) is 56.8 cm³/mol. The van der Waals surface area contributed by atoms with Crippen molar-refractivity contribution < 1.29 is 61.9 Å². The molecule has 0 heterocycles. The summed E-state index contributed by atoms with van der Waals surface area (Å²) in [7, 11) is 0. The molecule has 0 amide bonds. The minimum absolute atomic E-state index is 0. The average Bonchev–Trinajstić information content (AvgIpc) is 2.17. The van der Waals surface area contributed by atoms with Crippen LogP contribution < -0.4 is 0 Å². The van der Waals surface area contributed by atoms with E-state index in [2.05, 4.69) is 6.07 Å². The molecule has 1 aliphatic rings. The molecule has 1 saturated carbocycles. The zero-order valence-corrected chi connectivity index (χ0v) is 15.3. The number of Topliss-reactive ketones (excluding diaryl/α,β-unsaturated/α-hetero) is 2. The minimum Gasteiger partial charge on any atom is -0.566 e.